The molecule has 2 aromatic rings. The molecule has 2 heterocycles. The maximum Gasteiger partial charge on any atom is 0.417 e. The van der Waals surface area contributed by atoms with Crippen molar-refractivity contribution in [3.8, 4) is 0 Å². The van der Waals surface area contributed by atoms with Crippen molar-refractivity contribution in [1.29, 1.82) is 0 Å². The SMILES string of the molecule is O=C(Nc1sccc1C(=O)NC1CC1)c1cscc1C(F)(F)F. The quantitative estimate of drug-likeness (QED) is 0.867. The van der Waals surface area contributed by atoms with Gasteiger partial charge in [-0.25, -0.2) is 0 Å². The van der Waals surface area contributed by atoms with Crippen LogP contribution in [0.3, 0.4) is 0 Å². The lowest BCUT2D eigenvalue weighted by molar-refractivity contribution is -0.137. The molecule has 0 saturated heterocycles. The number of hydrogen-bond acceptors (Lipinski definition) is 4. The fourth-order valence-electron chi connectivity index (χ4n) is 1.94. The molecule has 2 amide bonds. The molecule has 0 aliphatic heterocycles. The van der Waals surface area contributed by atoms with Crippen LogP contribution in [-0.4, -0.2) is 17.9 Å². The monoisotopic (exact) mass is 360 g/mol. The second-order valence-corrected chi connectivity index (χ2v) is 6.72. The maximum atomic E-state index is 12.8. The summed E-state index contributed by atoms with van der Waals surface area (Å²) in [7, 11) is 0. The van der Waals surface area contributed by atoms with E-state index in [1.54, 1.807) is 5.38 Å². The average Bonchev–Trinajstić information content (AvgIpc) is 2.98. The summed E-state index contributed by atoms with van der Waals surface area (Å²) in [4.78, 5) is 24.2. The summed E-state index contributed by atoms with van der Waals surface area (Å²) in [6.07, 6.45) is -2.75. The maximum absolute atomic E-state index is 12.8. The minimum Gasteiger partial charge on any atom is -0.349 e. The molecule has 0 aromatic carbocycles. The van der Waals surface area contributed by atoms with Gasteiger partial charge in [-0.3, -0.25) is 9.59 Å². The lowest BCUT2D eigenvalue weighted by Crippen LogP contribution is -2.26. The summed E-state index contributed by atoms with van der Waals surface area (Å²) < 4.78 is 38.5. The van der Waals surface area contributed by atoms with E-state index in [-0.39, 0.29) is 22.5 Å². The van der Waals surface area contributed by atoms with E-state index in [0.717, 1.165) is 46.3 Å². The first-order valence-corrected chi connectivity index (χ1v) is 8.51. The number of anilines is 1. The van der Waals surface area contributed by atoms with E-state index in [2.05, 4.69) is 10.6 Å². The van der Waals surface area contributed by atoms with Crippen LogP contribution in [0.2, 0.25) is 0 Å². The summed E-state index contributed by atoms with van der Waals surface area (Å²) in [6, 6.07) is 1.69. The Morgan fingerprint density at radius 1 is 1.13 bits per heavy atom. The highest BCUT2D eigenvalue weighted by Crippen LogP contribution is 2.35. The topological polar surface area (TPSA) is 58.2 Å². The molecule has 0 unspecified atom stereocenters. The average molecular weight is 360 g/mol. The molecule has 23 heavy (non-hydrogen) atoms. The van der Waals surface area contributed by atoms with Gasteiger partial charge in [0, 0.05) is 16.8 Å². The molecule has 1 fully saturated rings. The van der Waals surface area contributed by atoms with Gasteiger partial charge in [0.1, 0.15) is 5.00 Å². The second kappa shape index (κ2) is 5.97. The third-order valence-electron chi connectivity index (χ3n) is 3.26. The highest BCUT2D eigenvalue weighted by molar-refractivity contribution is 7.14. The third-order valence-corrected chi connectivity index (χ3v) is 4.83. The van der Waals surface area contributed by atoms with Crippen LogP contribution in [0, 0.1) is 0 Å². The fraction of sp³-hybridized carbons (Fsp3) is 0.286. The Hall–Kier alpha value is -1.87. The van der Waals surface area contributed by atoms with Crippen LogP contribution in [0.1, 0.15) is 39.1 Å². The Balaban J connectivity index is 1.77. The van der Waals surface area contributed by atoms with E-state index in [4.69, 9.17) is 0 Å². The molecule has 0 radical (unpaired) electrons. The van der Waals surface area contributed by atoms with Crippen LogP contribution < -0.4 is 10.6 Å². The van der Waals surface area contributed by atoms with Crippen molar-refractivity contribution >= 4 is 39.5 Å². The number of thiophene rings is 2. The van der Waals surface area contributed by atoms with Gasteiger partial charge in [-0.15, -0.1) is 11.3 Å². The first-order valence-electron chi connectivity index (χ1n) is 6.69. The number of carbonyl (C=O) groups excluding carboxylic acids is 2. The van der Waals surface area contributed by atoms with Crippen molar-refractivity contribution in [3.05, 3.63) is 38.9 Å². The summed E-state index contributed by atoms with van der Waals surface area (Å²) in [5.41, 5.74) is -1.15. The Labute approximate surface area is 137 Å². The first kappa shape index (κ1) is 16.0. The molecule has 1 aliphatic carbocycles. The van der Waals surface area contributed by atoms with Gasteiger partial charge in [0.2, 0.25) is 0 Å². The molecule has 122 valence electrons. The third kappa shape index (κ3) is 3.56. The van der Waals surface area contributed by atoms with Crippen LogP contribution in [0.4, 0.5) is 18.2 Å². The van der Waals surface area contributed by atoms with E-state index in [0.29, 0.717) is 0 Å². The number of alkyl halides is 3. The van der Waals surface area contributed by atoms with Gasteiger partial charge < -0.3 is 10.6 Å². The van der Waals surface area contributed by atoms with E-state index in [1.165, 1.54) is 6.07 Å². The van der Waals surface area contributed by atoms with Crippen LogP contribution in [0.5, 0.6) is 0 Å². The van der Waals surface area contributed by atoms with Gasteiger partial charge in [-0.2, -0.15) is 24.5 Å². The van der Waals surface area contributed by atoms with Crippen molar-refractivity contribution in [3.63, 3.8) is 0 Å². The van der Waals surface area contributed by atoms with E-state index in [1.807, 2.05) is 0 Å². The van der Waals surface area contributed by atoms with E-state index in [9.17, 15) is 22.8 Å². The molecule has 4 nitrogen and oxygen atoms in total. The molecule has 2 aromatic heterocycles. The molecule has 2 N–H and O–H groups in total. The van der Waals surface area contributed by atoms with Crippen molar-refractivity contribution < 1.29 is 22.8 Å². The normalized spacial score (nSPS) is 14.6. The van der Waals surface area contributed by atoms with Gasteiger partial charge in [-0.1, -0.05) is 0 Å². The number of rotatable bonds is 4. The lowest BCUT2D eigenvalue weighted by Gasteiger charge is -2.09. The number of nitrogens with one attached hydrogen (secondary N) is 2. The second-order valence-electron chi connectivity index (χ2n) is 5.06. The molecular weight excluding hydrogens is 349 g/mol. The number of carbonyl (C=O) groups is 2. The van der Waals surface area contributed by atoms with Crippen LogP contribution in [0.15, 0.2) is 22.2 Å². The highest BCUT2D eigenvalue weighted by Gasteiger charge is 2.36. The molecule has 9 heteroatoms. The fourth-order valence-corrected chi connectivity index (χ4v) is 3.55. The van der Waals surface area contributed by atoms with Crippen LogP contribution in [0.25, 0.3) is 0 Å². The molecule has 0 atom stereocenters. The van der Waals surface area contributed by atoms with Crippen molar-refractivity contribution in [2.75, 3.05) is 5.32 Å². The largest absolute Gasteiger partial charge is 0.417 e. The molecular formula is C14H11F3N2O2S2. The van der Waals surface area contributed by atoms with Crippen molar-refractivity contribution in [2.45, 2.75) is 25.1 Å². The smallest absolute Gasteiger partial charge is 0.349 e. The number of hydrogen-bond donors (Lipinski definition) is 2. The van der Waals surface area contributed by atoms with Gasteiger partial charge in [0.25, 0.3) is 11.8 Å². The van der Waals surface area contributed by atoms with Crippen LogP contribution >= 0.6 is 22.7 Å². The zero-order chi connectivity index (χ0) is 16.6. The molecule has 1 aliphatic rings. The number of amides is 2. The zero-order valence-electron chi connectivity index (χ0n) is 11.6. The Morgan fingerprint density at radius 3 is 2.52 bits per heavy atom. The predicted molar refractivity (Wildman–Crippen MR) is 82.1 cm³/mol. The van der Waals surface area contributed by atoms with E-state index < -0.39 is 23.2 Å². The van der Waals surface area contributed by atoms with Crippen molar-refractivity contribution in [2.24, 2.45) is 0 Å². The van der Waals surface area contributed by atoms with Crippen LogP contribution in [-0.2, 0) is 6.18 Å². The lowest BCUT2D eigenvalue weighted by atomic mass is 10.2. The molecule has 0 spiro atoms. The first-order chi connectivity index (χ1) is 10.9. The van der Waals surface area contributed by atoms with Gasteiger partial charge >= 0.3 is 6.18 Å². The van der Waals surface area contributed by atoms with Crippen molar-refractivity contribution in [1.82, 2.24) is 5.32 Å². The zero-order valence-corrected chi connectivity index (χ0v) is 13.2. The Morgan fingerprint density at radius 2 is 1.87 bits per heavy atom. The summed E-state index contributed by atoms with van der Waals surface area (Å²) in [5, 5.41) is 9.08. The standard InChI is InChI=1S/C14H11F3N2O2S2/c15-14(16,17)10-6-22-5-9(10)12(21)19-13-8(3-4-23-13)11(20)18-7-1-2-7/h3-7H,1-2H2,(H,18,20)(H,19,21). The summed E-state index contributed by atoms with van der Waals surface area (Å²) in [6.45, 7) is 0. The Bertz CT molecular complexity index is 747. The molecule has 1 saturated carbocycles. The highest BCUT2D eigenvalue weighted by atomic mass is 32.1. The predicted octanol–water partition coefficient (Wildman–Crippen LogP) is 3.97. The van der Waals surface area contributed by atoms with Gasteiger partial charge in [-0.05, 0) is 24.3 Å². The summed E-state index contributed by atoms with van der Waals surface area (Å²) >= 11 is 1.90. The molecule has 3 rings (SSSR count). The Kier molecular flexibility index (Phi) is 4.15. The summed E-state index contributed by atoms with van der Waals surface area (Å²) in [5.74, 6) is -1.20. The minimum atomic E-state index is -4.59. The minimum absolute atomic E-state index is 0.152. The van der Waals surface area contributed by atoms with E-state index >= 15 is 0 Å². The van der Waals surface area contributed by atoms with Gasteiger partial charge in [0.15, 0.2) is 0 Å². The molecule has 0 bridgehead atoms. The van der Waals surface area contributed by atoms with Gasteiger partial charge in [0.05, 0.1) is 16.7 Å². The number of halogens is 3.